The van der Waals surface area contributed by atoms with Gasteiger partial charge in [0.1, 0.15) is 11.5 Å². The summed E-state index contributed by atoms with van der Waals surface area (Å²) in [4.78, 5) is 35.8. The second-order valence-corrected chi connectivity index (χ2v) is 7.58. The van der Waals surface area contributed by atoms with Crippen molar-refractivity contribution in [2.45, 2.75) is 12.8 Å². The summed E-state index contributed by atoms with van der Waals surface area (Å²) in [5, 5.41) is 15.9. The van der Waals surface area contributed by atoms with E-state index in [9.17, 15) is 19.7 Å². The number of hydrogen-bond acceptors (Lipinski definition) is 6. The molecule has 2 aromatic rings. The quantitative estimate of drug-likeness (QED) is 0.261. The molecular formula is C21H17N3O5. The normalized spacial score (nSPS) is 27.8. The minimum atomic E-state index is -0.465. The number of allylic oxidation sites excluding steroid dienone is 2. The molecule has 2 amide bonds. The maximum atomic E-state index is 12.7. The molecule has 4 aliphatic rings. The Morgan fingerprint density at radius 1 is 1.00 bits per heavy atom. The zero-order valence-corrected chi connectivity index (χ0v) is 15.3. The first-order chi connectivity index (χ1) is 14.0. The number of imide groups is 1. The highest BCUT2D eigenvalue weighted by molar-refractivity contribution is 6.06. The molecule has 8 nitrogen and oxygen atoms in total. The molecular weight excluding hydrogens is 374 g/mol. The molecule has 4 unspecified atom stereocenters. The number of fused-ring (bicyclic) bond motifs is 1. The predicted molar refractivity (Wildman–Crippen MR) is 103 cm³/mol. The number of carbonyl (C=O) groups excluding carboxylic acids is 2. The molecule has 4 atom stereocenters. The standard InChI is InChI=1S/C21H17N3O5/c25-20-18-13-1-2-14(4-3-13)19(18)21(26)23(20)22-11-16-9-10-17(29-16)12-5-7-15(8-6-12)24(27)28/h1-2,5-11,13-14,18-19H,3-4H2/b22-11+. The van der Waals surface area contributed by atoms with Gasteiger partial charge in [0.2, 0.25) is 0 Å². The fourth-order valence-corrected chi connectivity index (χ4v) is 4.61. The van der Waals surface area contributed by atoms with E-state index in [1.54, 1.807) is 24.3 Å². The Hall–Kier alpha value is -3.55. The fraction of sp³-hybridized carbons (Fsp3) is 0.286. The van der Waals surface area contributed by atoms with E-state index < -0.39 is 4.92 Å². The molecule has 29 heavy (non-hydrogen) atoms. The van der Waals surface area contributed by atoms with E-state index in [2.05, 4.69) is 17.3 Å². The first kappa shape index (κ1) is 17.5. The van der Waals surface area contributed by atoms with Gasteiger partial charge >= 0.3 is 0 Å². The largest absolute Gasteiger partial charge is 0.455 e. The molecule has 146 valence electrons. The zero-order chi connectivity index (χ0) is 20.1. The van der Waals surface area contributed by atoms with E-state index >= 15 is 0 Å². The summed E-state index contributed by atoms with van der Waals surface area (Å²) in [7, 11) is 0. The Labute approximate surface area is 165 Å². The molecule has 1 aromatic heterocycles. The average Bonchev–Trinajstić information content (AvgIpc) is 3.32. The van der Waals surface area contributed by atoms with Gasteiger partial charge in [-0.25, -0.2) is 0 Å². The first-order valence-electron chi connectivity index (χ1n) is 9.48. The van der Waals surface area contributed by atoms with Crippen LogP contribution in [0, 0.1) is 33.8 Å². The molecule has 2 heterocycles. The molecule has 8 heteroatoms. The van der Waals surface area contributed by atoms with Crippen LogP contribution in [-0.2, 0) is 9.59 Å². The number of nitro benzene ring substituents is 1. The number of rotatable bonds is 4. The van der Waals surface area contributed by atoms with Crippen molar-refractivity contribution < 1.29 is 18.9 Å². The van der Waals surface area contributed by atoms with Crippen molar-refractivity contribution in [1.29, 1.82) is 0 Å². The number of hydrogen-bond donors (Lipinski definition) is 0. The third kappa shape index (κ3) is 2.79. The average molecular weight is 391 g/mol. The Morgan fingerprint density at radius 2 is 1.62 bits per heavy atom. The van der Waals surface area contributed by atoms with Crippen LogP contribution < -0.4 is 0 Å². The Balaban J connectivity index is 1.34. The van der Waals surface area contributed by atoms with E-state index in [4.69, 9.17) is 4.42 Å². The van der Waals surface area contributed by atoms with Crippen molar-refractivity contribution in [3.05, 3.63) is 64.4 Å². The van der Waals surface area contributed by atoms with Crippen molar-refractivity contribution in [3.8, 4) is 11.3 Å². The minimum absolute atomic E-state index is 0.00178. The molecule has 2 fully saturated rings. The minimum Gasteiger partial charge on any atom is -0.455 e. The number of non-ortho nitro benzene ring substituents is 1. The molecule has 1 aromatic carbocycles. The van der Waals surface area contributed by atoms with Gasteiger partial charge in [-0.15, -0.1) is 0 Å². The summed E-state index contributed by atoms with van der Waals surface area (Å²) in [5.41, 5.74) is 0.676. The molecule has 0 spiro atoms. The molecule has 1 aliphatic heterocycles. The Kier molecular flexibility index (Phi) is 3.94. The monoisotopic (exact) mass is 391 g/mol. The van der Waals surface area contributed by atoms with Gasteiger partial charge in [0.05, 0.1) is 23.0 Å². The summed E-state index contributed by atoms with van der Waals surface area (Å²) in [6.07, 6.45) is 7.37. The summed E-state index contributed by atoms with van der Waals surface area (Å²) in [6.45, 7) is 0. The first-order valence-corrected chi connectivity index (χ1v) is 9.48. The van der Waals surface area contributed by atoms with E-state index in [0.29, 0.717) is 17.1 Å². The maximum absolute atomic E-state index is 12.7. The number of nitrogens with zero attached hydrogens (tertiary/aromatic N) is 3. The van der Waals surface area contributed by atoms with Crippen molar-refractivity contribution >= 4 is 23.7 Å². The van der Waals surface area contributed by atoms with Crippen molar-refractivity contribution in [2.75, 3.05) is 0 Å². The smallest absolute Gasteiger partial charge is 0.269 e. The highest BCUT2D eigenvalue weighted by Crippen LogP contribution is 2.49. The Morgan fingerprint density at radius 3 is 2.17 bits per heavy atom. The SMILES string of the molecule is O=C1C2C3C=CC(CC3)C2C(=O)N1/N=C/c1ccc(-c2ccc([N+](=O)[O-])cc2)o1. The van der Waals surface area contributed by atoms with Crippen LogP contribution >= 0.6 is 0 Å². The lowest BCUT2D eigenvalue weighted by Crippen LogP contribution is -2.38. The Bertz CT molecular complexity index is 1040. The van der Waals surface area contributed by atoms with E-state index in [-0.39, 0.29) is 41.2 Å². The molecule has 1 saturated carbocycles. The van der Waals surface area contributed by atoms with Gasteiger partial charge in [-0.2, -0.15) is 10.1 Å². The van der Waals surface area contributed by atoms with Crippen LogP contribution in [0.1, 0.15) is 18.6 Å². The summed E-state index contributed by atoms with van der Waals surface area (Å²) in [6, 6.07) is 9.37. The number of carbonyl (C=O) groups is 2. The highest BCUT2D eigenvalue weighted by Gasteiger charge is 2.56. The molecule has 3 aliphatic carbocycles. The molecule has 0 N–H and O–H groups in total. The van der Waals surface area contributed by atoms with Gasteiger partial charge in [0, 0.05) is 17.7 Å². The molecule has 2 bridgehead atoms. The lowest BCUT2D eigenvalue weighted by molar-refractivity contribution is -0.384. The predicted octanol–water partition coefficient (Wildman–Crippen LogP) is 3.39. The number of amides is 2. The third-order valence-corrected chi connectivity index (χ3v) is 6.03. The van der Waals surface area contributed by atoms with Gasteiger partial charge in [-0.1, -0.05) is 12.2 Å². The van der Waals surface area contributed by atoms with Crippen LogP contribution in [0.25, 0.3) is 11.3 Å². The van der Waals surface area contributed by atoms with Crippen LogP contribution in [0.5, 0.6) is 0 Å². The summed E-state index contributed by atoms with van der Waals surface area (Å²) < 4.78 is 5.69. The van der Waals surface area contributed by atoms with Crippen LogP contribution in [-0.4, -0.2) is 28.0 Å². The van der Waals surface area contributed by atoms with Crippen molar-refractivity contribution in [3.63, 3.8) is 0 Å². The highest BCUT2D eigenvalue weighted by atomic mass is 16.6. The summed E-state index contributed by atoms with van der Waals surface area (Å²) >= 11 is 0. The van der Waals surface area contributed by atoms with E-state index in [1.807, 2.05) is 0 Å². The lowest BCUT2D eigenvalue weighted by Gasteiger charge is -2.37. The lowest BCUT2D eigenvalue weighted by atomic mass is 9.63. The van der Waals surface area contributed by atoms with E-state index in [0.717, 1.165) is 17.9 Å². The van der Waals surface area contributed by atoms with Crippen LogP contribution in [0.15, 0.2) is 58.1 Å². The van der Waals surface area contributed by atoms with E-state index in [1.165, 1.54) is 18.3 Å². The van der Waals surface area contributed by atoms with Gasteiger partial charge < -0.3 is 4.42 Å². The maximum Gasteiger partial charge on any atom is 0.269 e. The molecule has 1 saturated heterocycles. The molecule has 0 radical (unpaired) electrons. The number of benzene rings is 1. The molecule has 6 rings (SSSR count). The van der Waals surface area contributed by atoms with Crippen LogP contribution in [0.2, 0.25) is 0 Å². The summed E-state index contributed by atoms with van der Waals surface area (Å²) in [5.74, 6) is 0.0745. The fourth-order valence-electron chi connectivity index (χ4n) is 4.61. The van der Waals surface area contributed by atoms with Gasteiger partial charge in [0.15, 0.2) is 0 Å². The van der Waals surface area contributed by atoms with Gasteiger partial charge in [-0.3, -0.25) is 19.7 Å². The second kappa shape index (κ2) is 6.51. The van der Waals surface area contributed by atoms with Gasteiger partial charge in [0.25, 0.3) is 17.5 Å². The second-order valence-electron chi connectivity index (χ2n) is 7.58. The van der Waals surface area contributed by atoms with Crippen molar-refractivity contribution in [2.24, 2.45) is 28.8 Å². The number of nitro groups is 1. The van der Waals surface area contributed by atoms with Crippen LogP contribution in [0.3, 0.4) is 0 Å². The van der Waals surface area contributed by atoms with Crippen molar-refractivity contribution in [1.82, 2.24) is 5.01 Å². The van der Waals surface area contributed by atoms with Gasteiger partial charge in [-0.05, 0) is 48.9 Å². The zero-order valence-electron chi connectivity index (χ0n) is 15.3. The van der Waals surface area contributed by atoms with Crippen LogP contribution in [0.4, 0.5) is 5.69 Å². The number of furan rings is 1. The topological polar surface area (TPSA) is 106 Å². The number of hydrazone groups is 1. The third-order valence-electron chi connectivity index (χ3n) is 6.03.